The summed E-state index contributed by atoms with van der Waals surface area (Å²) >= 11 is 0. The first-order valence-electron chi connectivity index (χ1n) is 10.7. The molecule has 2 aromatic carbocycles. The first kappa shape index (κ1) is 21.5. The van der Waals surface area contributed by atoms with Crippen molar-refractivity contribution in [2.24, 2.45) is 0 Å². The molecule has 2 aromatic rings. The summed E-state index contributed by atoms with van der Waals surface area (Å²) in [5, 5.41) is 3.14. The van der Waals surface area contributed by atoms with Crippen LogP contribution in [0.3, 0.4) is 0 Å². The van der Waals surface area contributed by atoms with Crippen LogP contribution in [0.4, 0.5) is 5.69 Å². The number of rotatable bonds is 6. The van der Waals surface area contributed by atoms with Gasteiger partial charge in [0.15, 0.2) is 21.3 Å². The van der Waals surface area contributed by atoms with E-state index in [9.17, 15) is 13.2 Å². The van der Waals surface area contributed by atoms with Gasteiger partial charge in [0.25, 0.3) is 0 Å². The molecule has 8 heteroatoms. The molecule has 1 amide bonds. The monoisotopic (exact) mass is 444 g/mol. The number of benzene rings is 2. The van der Waals surface area contributed by atoms with Gasteiger partial charge in [-0.25, -0.2) is 8.42 Å². The maximum absolute atomic E-state index is 12.5. The van der Waals surface area contributed by atoms with Gasteiger partial charge in [-0.15, -0.1) is 0 Å². The van der Waals surface area contributed by atoms with E-state index in [0.717, 1.165) is 42.9 Å². The maximum atomic E-state index is 12.5. The van der Waals surface area contributed by atoms with E-state index in [4.69, 9.17) is 9.47 Å². The molecule has 1 saturated heterocycles. The van der Waals surface area contributed by atoms with Crippen molar-refractivity contribution >= 4 is 21.4 Å². The Morgan fingerprint density at radius 3 is 2.39 bits per heavy atom. The Balaban J connectivity index is 1.27. The van der Waals surface area contributed by atoms with Gasteiger partial charge in [0, 0.05) is 24.8 Å². The van der Waals surface area contributed by atoms with E-state index in [0.29, 0.717) is 30.3 Å². The van der Waals surface area contributed by atoms with Gasteiger partial charge in [-0.3, -0.25) is 4.79 Å². The van der Waals surface area contributed by atoms with Crippen LogP contribution in [-0.4, -0.2) is 52.4 Å². The zero-order valence-corrected chi connectivity index (χ0v) is 18.5. The van der Waals surface area contributed by atoms with Crippen LogP contribution in [0.5, 0.6) is 11.5 Å². The number of nitrogens with zero attached hydrogens (tertiary/aromatic N) is 1. The Morgan fingerprint density at radius 2 is 1.71 bits per heavy atom. The number of carbonyl (C=O) groups excluding carboxylic acids is 1. The third-order valence-electron chi connectivity index (χ3n) is 5.77. The second-order valence-corrected chi connectivity index (χ2v) is 10.2. The lowest BCUT2D eigenvalue weighted by molar-refractivity contribution is -0.121. The molecule has 0 bridgehead atoms. The fourth-order valence-electron chi connectivity index (χ4n) is 3.97. The molecule has 2 heterocycles. The quantitative estimate of drug-likeness (QED) is 0.737. The average molecular weight is 445 g/mol. The summed E-state index contributed by atoms with van der Waals surface area (Å²) < 4.78 is 35.0. The minimum absolute atomic E-state index is 0.00394. The Labute approximate surface area is 183 Å². The van der Waals surface area contributed by atoms with E-state index < -0.39 is 9.84 Å². The van der Waals surface area contributed by atoms with Gasteiger partial charge < -0.3 is 19.7 Å². The number of anilines is 1. The molecule has 4 rings (SSSR count). The molecule has 1 fully saturated rings. The van der Waals surface area contributed by atoms with Crippen LogP contribution in [0, 0.1) is 0 Å². The minimum Gasteiger partial charge on any atom is -0.486 e. The zero-order valence-electron chi connectivity index (χ0n) is 17.7. The van der Waals surface area contributed by atoms with Gasteiger partial charge in [0.2, 0.25) is 5.91 Å². The number of piperidine rings is 1. The first-order chi connectivity index (χ1) is 14.9. The topological polar surface area (TPSA) is 84.9 Å². The maximum Gasteiger partial charge on any atom is 0.224 e. The van der Waals surface area contributed by atoms with Crippen molar-refractivity contribution in [3.63, 3.8) is 0 Å². The zero-order chi connectivity index (χ0) is 21.8. The lowest BCUT2D eigenvalue weighted by Crippen LogP contribution is -2.45. The van der Waals surface area contributed by atoms with Crippen LogP contribution in [-0.2, 0) is 21.1 Å². The molecule has 0 aromatic heterocycles. The number of sulfone groups is 1. The highest BCUT2D eigenvalue weighted by Gasteiger charge is 2.22. The highest BCUT2D eigenvalue weighted by atomic mass is 32.2. The fourth-order valence-corrected chi connectivity index (χ4v) is 4.86. The number of amides is 1. The number of hydrogen-bond acceptors (Lipinski definition) is 6. The first-order valence-corrected chi connectivity index (χ1v) is 12.4. The molecule has 7 nitrogen and oxygen atoms in total. The SMILES string of the molecule is CCS(=O)(=O)c1ccc(N2CCC(NC(=O)Cc3ccc4c(c3)OCCO4)CC2)cc1. The number of nitrogens with one attached hydrogen (secondary N) is 1. The lowest BCUT2D eigenvalue weighted by Gasteiger charge is -2.34. The molecule has 0 aliphatic carbocycles. The molecule has 166 valence electrons. The number of carbonyl (C=O) groups is 1. The molecule has 2 aliphatic rings. The molecule has 0 atom stereocenters. The van der Waals surface area contributed by atoms with Crippen molar-refractivity contribution in [2.45, 2.75) is 37.1 Å². The molecule has 1 N–H and O–H groups in total. The Morgan fingerprint density at radius 1 is 1.03 bits per heavy atom. The minimum atomic E-state index is -3.18. The number of ether oxygens (including phenoxy) is 2. The highest BCUT2D eigenvalue weighted by Crippen LogP contribution is 2.31. The molecule has 2 aliphatic heterocycles. The standard InChI is InChI=1S/C23H28N2O5S/c1-2-31(27,28)20-6-4-19(5-7-20)25-11-9-18(10-12-25)24-23(26)16-17-3-8-21-22(15-17)30-14-13-29-21/h3-8,15,18H,2,9-14,16H2,1H3,(H,24,26). The van der Waals surface area contributed by atoms with E-state index in [-0.39, 0.29) is 17.7 Å². The molecule has 31 heavy (non-hydrogen) atoms. The summed E-state index contributed by atoms with van der Waals surface area (Å²) in [7, 11) is -3.18. The van der Waals surface area contributed by atoms with E-state index in [1.54, 1.807) is 19.1 Å². The summed E-state index contributed by atoms with van der Waals surface area (Å²) in [6.45, 7) is 4.35. The lowest BCUT2D eigenvalue weighted by atomic mass is 10.0. The summed E-state index contributed by atoms with van der Waals surface area (Å²) in [6, 6.07) is 12.8. The van der Waals surface area contributed by atoms with Crippen molar-refractivity contribution in [3.05, 3.63) is 48.0 Å². The summed E-state index contributed by atoms with van der Waals surface area (Å²) in [5.74, 6) is 1.53. The Bertz CT molecular complexity index is 1030. The van der Waals surface area contributed by atoms with Crippen LogP contribution >= 0.6 is 0 Å². The van der Waals surface area contributed by atoms with Crippen LogP contribution in [0.25, 0.3) is 0 Å². The summed E-state index contributed by atoms with van der Waals surface area (Å²) in [6.07, 6.45) is 2.01. The molecule has 0 radical (unpaired) electrons. The van der Waals surface area contributed by atoms with E-state index in [2.05, 4.69) is 10.2 Å². The van der Waals surface area contributed by atoms with Crippen LogP contribution in [0.2, 0.25) is 0 Å². The molecule has 0 spiro atoms. The molecular weight excluding hydrogens is 416 g/mol. The number of fused-ring (bicyclic) bond motifs is 1. The van der Waals surface area contributed by atoms with Crippen molar-refractivity contribution in [1.82, 2.24) is 5.32 Å². The van der Waals surface area contributed by atoms with Crippen LogP contribution in [0.15, 0.2) is 47.4 Å². The van der Waals surface area contributed by atoms with Gasteiger partial charge >= 0.3 is 0 Å². The molecule has 0 unspecified atom stereocenters. The highest BCUT2D eigenvalue weighted by molar-refractivity contribution is 7.91. The summed E-state index contributed by atoms with van der Waals surface area (Å²) in [4.78, 5) is 15.1. The average Bonchev–Trinajstić information content (AvgIpc) is 2.79. The summed E-state index contributed by atoms with van der Waals surface area (Å²) in [5.41, 5.74) is 1.91. The Hall–Kier alpha value is -2.74. The van der Waals surface area contributed by atoms with Crippen LogP contribution < -0.4 is 19.7 Å². The normalized spacial score (nSPS) is 16.7. The fraction of sp³-hybridized carbons (Fsp3) is 0.435. The van der Waals surface area contributed by atoms with E-state index >= 15 is 0 Å². The predicted octanol–water partition coefficient (Wildman–Crippen LogP) is 2.58. The van der Waals surface area contributed by atoms with Crippen LogP contribution in [0.1, 0.15) is 25.3 Å². The molecule has 0 saturated carbocycles. The van der Waals surface area contributed by atoms with Gasteiger partial charge in [-0.2, -0.15) is 0 Å². The van der Waals surface area contributed by atoms with Crippen molar-refractivity contribution in [2.75, 3.05) is 37.0 Å². The smallest absolute Gasteiger partial charge is 0.224 e. The van der Waals surface area contributed by atoms with Gasteiger partial charge in [-0.05, 0) is 54.8 Å². The van der Waals surface area contributed by atoms with Gasteiger partial charge in [-0.1, -0.05) is 13.0 Å². The van der Waals surface area contributed by atoms with E-state index in [1.807, 2.05) is 30.3 Å². The van der Waals surface area contributed by atoms with Crippen molar-refractivity contribution < 1.29 is 22.7 Å². The Kier molecular flexibility index (Phi) is 6.36. The largest absolute Gasteiger partial charge is 0.486 e. The van der Waals surface area contributed by atoms with Crippen molar-refractivity contribution in [1.29, 1.82) is 0 Å². The number of hydrogen-bond donors (Lipinski definition) is 1. The van der Waals surface area contributed by atoms with Crippen molar-refractivity contribution in [3.8, 4) is 11.5 Å². The second kappa shape index (κ2) is 9.18. The van der Waals surface area contributed by atoms with Gasteiger partial charge in [0.1, 0.15) is 13.2 Å². The third kappa shape index (κ3) is 5.12. The van der Waals surface area contributed by atoms with Gasteiger partial charge in [0.05, 0.1) is 17.1 Å². The predicted molar refractivity (Wildman–Crippen MR) is 119 cm³/mol. The third-order valence-corrected chi connectivity index (χ3v) is 7.52. The molecular formula is C23H28N2O5S. The second-order valence-electron chi connectivity index (χ2n) is 7.88. The van der Waals surface area contributed by atoms with E-state index in [1.165, 1.54) is 0 Å².